The Balaban J connectivity index is 1.15. The first-order valence-corrected chi connectivity index (χ1v) is 15.4. The summed E-state index contributed by atoms with van der Waals surface area (Å²) < 4.78 is 6.06. The summed E-state index contributed by atoms with van der Waals surface area (Å²) in [5.74, 6) is -0.788. The smallest absolute Gasteiger partial charge is 0.261 e. The van der Waals surface area contributed by atoms with E-state index in [-0.39, 0.29) is 36.8 Å². The van der Waals surface area contributed by atoms with Gasteiger partial charge in [-0.25, -0.2) is 0 Å². The monoisotopic (exact) mass is 623 g/mol. The molecule has 4 amide bonds. The molecule has 0 atom stereocenters. The van der Waals surface area contributed by atoms with Crippen molar-refractivity contribution >= 4 is 35.0 Å². The van der Waals surface area contributed by atoms with Crippen molar-refractivity contribution in [1.29, 1.82) is 0 Å². The fraction of sp³-hybridized carbons (Fsp3) is 0.128. The highest BCUT2D eigenvalue weighted by molar-refractivity contribution is 6.21. The van der Waals surface area contributed by atoms with Gasteiger partial charge in [0, 0.05) is 13.6 Å². The third kappa shape index (κ3) is 6.26. The van der Waals surface area contributed by atoms with E-state index in [1.165, 1.54) is 9.80 Å². The minimum atomic E-state index is -0.337. The molecule has 0 saturated heterocycles. The Morgan fingerprint density at radius 3 is 2.09 bits per heavy atom. The standard InChI is InChI=1S/C39H33N3O5/c1-26-14-12-20-28(27-15-4-3-5-16-27)35(26)36(43)40-32-21-9-8-19-31(32)37(44)41(2)33-22-10-11-23-34(33)47-25-13-24-42-38(45)29-17-6-7-18-30(29)39(42)46/h3-12,14-23H,13,24-25H2,1-2H3,(H,40,43). The fourth-order valence-corrected chi connectivity index (χ4v) is 5.78. The zero-order chi connectivity index (χ0) is 32.9. The van der Waals surface area contributed by atoms with Crippen molar-refractivity contribution < 1.29 is 23.9 Å². The van der Waals surface area contributed by atoms with Gasteiger partial charge >= 0.3 is 0 Å². The molecule has 234 valence electrons. The molecule has 0 spiro atoms. The van der Waals surface area contributed by atoms with Crippen LogP contribution in [0.4, 0.5) is 11.4 Å². The molecule has 47 heavy (non-hydrogen) atoms. The van der Waals surface area contributed by atoms with Gasteiger partial charge in [-0.05, 0) is 66.4 Å². The Labute approximate surface area is 273 Å². The summed E-state index contributed by atoms with van der Waals surface area (Å²) in [5, 5.41) is 2.98. The first-order chi connectivity index (χ1) is 22.8. The molecular weight excluding hydrogens is 590 g/mol. The zero-order valence-corrected chi connectivity index (χ0v) is 26.1. The van der Waals surface area contributed by atoms with Crippen LogP contribution in [0.3, 0.4) is 0 Å². The van der Waals surface area contributed by atoms with Gasteiger partial charge in [0.2, 0.25) is 0 Å². The Morgan fingerprint density at radius 1 is 0.723 bits per heavy atom. The highest BCUT2D eigenvalue weighted by Crippen LogP contribution is 2.31. The average Bonchev–Trinajstić information content (AvgIpc) is 3.35. The van der Waals surface area contributed by atoms with Crippen molar-refractivity contribution in [2.45, 2.75) is 13.3 Å². The van der Waals surface area contributed by atoms with Crippen molar-refractivity contribution in [3.63, 3.8) is 0 Å². The molecule has 0 aliphatic carbocycles. The molecule has 1 N–H and O–H groups in total. The third-order valence-electron chi connectivity index (χ3n) is 8.18. The second-order valence-corrected chi connectivity index (χ2v) is 11.2. The molecule has 0 unspecified atom stereocenters. The summed E-state index contributed by atoms with van der Waals surface area (Å²) in [6.45, 7) is 2.32. The lowest BCUT2D eigenvalue weighted by Crippen LogP contribution is -2.31. The number of amides is 4. The fourth-order valence-electron chi connectivity index (χ4n) is 5.78. The molecule has 1 heterocycles. The van der Waals surface area contributed by atoms with Crippen LogP contribution in [0.25, 0.3) is 11.1 Å². The number of benzene rings is 5. The number of carbonyl (C=O) groups is 4. The van der Waals surface area contributed by atoms with Crippen LogP contribution in [0.15, 0.2) is 121 Å². The highest BCUT2D eigenvalue weighted by Gasteiger charge is 2.34. The Bertz CT molecular complexity index is 1950. The minimum Gasteiger partial charge on any atom is -0.491 e. The molecular formula is C39H33N3O5. The summed E-state index contributed by atoms with van der Waals surface area (Å²) in [5.41, 5.74) is 5.14. The molecule has 5 aromatic carbocycles. The van der Waals surface area contributed by atoms with Gasteiger partial charge in [0.05, 0.1) is 40.2 Å². The van der Waals surface area contributed by atoms with Crippen LogP contribution in [-0.2, 0) is 0 Å². The van der Waals surface area contributed by atoms with E-state index in [1.54, 1.807) is 67.7 Å². The Morgan fingerprint density at radius 2 is 1.34 bits per heavy atom. The van der Waals surface area contributed by atoms with Crippen molar-refractivity contribution in [3.8, 4) is 16.9 Å². The summed E-state index contributed by atoms with van der Waals surface area (Å²) in [6.07, 6.45) is 0.413. The lowest BCUT2D eigenvalue weighted by atomic mass is 9.95. The minimum absolute atomic E-state index is 0.212. The lowest BCUT2D eigenvalue weighted by Gasteiger charge is -2.22. The molecule has 0 saturated carbocycles. The van der Waals surface area contributed by atoms with Crippen LogP contribution in [0, 0.1) is 6.92 Å². The number of anilines is 2. The topological polar surface area (TPSA) is 96.0 Å². The molecule has 6 rings (SSSR count). The van der Waals surface area contributed by atoms with E-state index < -0.39 is 0 Å². The van der Waals surface area contributed by atoms with Gasteiger partial charge < -0.3 is 15.0 Å². The molecule has 1 aliphatic heterocycles. The number of aryl methyl sites for hydroxylation is 1. The maximum absolute atomic E-state index is 13.9. The van der Waals surface area contributed by atoms with Gasteiger partial charge in [-0.2, -0.15) is 0 Å². The molecule has 8 heteroatoms. The van der Waals surface area contributed by atoms with Crippen LogP contribution in [-0.4, -0.2) is 48.7 Å². The summed E-state index contributed by atoms with van der Waals surface area (Å²) in [7, 11) is 1.65. The van der Waals surface area contributed by atoms with Gasteiger partial charge in [-0.15, -0.1) is 0 Å². The molecule has 0 aromatic heterocycles. The van der Waals surface area contributed by atoms with E-state index in [0.29, 0.717) is 45.8 Å². The van der Waals surface area contributed by atoms with Crippen molar-refractivity contribution in [2.24, 2.45) is 0 Å². The van der Waals surface area contributed by atoms with E-state index in [4.69, 9.17) is 4.74 Å². The summed E-state index contributed by atoms with van der Waals surface area (Å²) in [6, 6.07) is 36.3. The second-order valence-electron chi connectivity index (χ2n) is 11.2. The van der Waals surface area contributed by atoms with Gasteiger partial charge in [-0.1, -0.05) is 84.9 Å². The zero-order valence-electron chi connectivity index (χ0n) is 26.1. The molecule has 0 radical (unpaired) electrons. The Kier molecular flexibility index (Phi) is 8.93. The number of imide groups is 1. The number of para-hydroxylation sites is 3. The van der Waals surface area contributed by atoms with Gasteiger partial charge in [0.25, 0.3) is 23.6 Å². The van der Waals surface area contributed by atoms with Gasteiger partial charge in [0.15, 0.2) is 0 Å². The average molecular weight is 624 g/mol. The maximum Gasteiger partial charge on any atom is 0.261 e. The SMILES string of the molecule is Cc1cccc(-c2ccccc2)c1C(=O)Nc1ccccc1C(=O)N(C)c1ccccc1OCCCN1C(=O)c2ccccc2C1=O. The number of fused-ring (bicyclic) bond motifs is 1. The summed E-state index contributed by atoms with van der Waals surface area (Å²) in [4.78, 5) is 55.8. The number of carbonyl (C=O) groups excluding carboxylic acids is 4. The number of nitrogens with one attached hydrogen (secondary N) is 1. The number of ether oxygens (including phenoxy) is 1. The first-order valence-electron chi connectivity index (χ1n) is 15.4. The van der Waals surface area contributed by atoms with Gasteiger partial charge in [0.1, 0.15) is 5.75 Å². The van der Waals surface area contributed by atoms with E-state index in [9.17, 15) is 19.2 Å². The third-order valence-corrected chi connectivity index (χ3v) is 8.18. The van der Waals surface area contributed by atoms with E-state index in [1.807, 2.05) is 67.6 Å². The van der Waals surface area contributed by atoms with Crippen molar-refractivity contribution in [2.75, 3.05) is 30.4 Å². The quantitative estimate of drug-likeness (QED) is 0.131. The number of rotatable bonds is 10. The normalized spacial score (nSPS) is 12.1. The molecule has 0 bridgehead atoms. The lowest BCUT2D eigenvalue weighted by molar-refractivity contribution is 0.0646. The number of hydrogen-bond donors (Lipinski definition) is 1. The van der Waals surface area contributed by atoms with Crippen LogP contribution in [0.5, 0.6) is 5.75 Å². The van der Waals surface area contributed by atoms with Gasteiger partial charge in [-0.3, -0.25) is 24.1 Å². The second kappa shape index (κ2) is 13.5. The molecule has 5 aromatic rings. The van der Waals surface area contributed by atoms with E-state index >= 15 is 0 Å². The van der Waals surface area contributed by atoms with Crippen LogP contribution in [0.2, 0.25) is 0 Å². The predicted molar refractivity (Wildman–Crippen MR) is 182 cm³/mol. The summed E-state index contributed by atoms with van der Waals surface area (Å²) >= 11 is 0. The number of nitrogens with zero attached hydrogens (tertiary/aromatic N) is 2. The molecule has 1 aliphatic rings. The maximum atomic E-state index is 13.9. The largest absolute Gasteiger partial charge is 0.491 e. The van der Waals surface area contributed by atoms with E-state index in [0.717, 1.165) is 16.7 Å². The van der Waals surface area contributed by atoms with Crippen molar-refractivity contribution in [1.82, 2.24) is 4.90 Å². The number of hydrogen-bond acceptors (Lipinski definition) is 5. The van der Waals surface area contributed by atoms with Crippen molar-refractivity contribution in [3.05, 3.63) is 149 Å². The molecule has 8 nitrogen and oxygen atoms in total. The highest BCUT2D eigenvalue weighted by atomic mass is 16.5. The Hall–Kier alpha value is -6.02. The van der Waals surface area contributed by atoms with Crippen LogP contribution >= 0.6 is 0 Å². The first kappa shape index (κ1) is 31.0. The predicted octanol–water partition coefficient (Wildman–Crippen LogP) is 7.26. The van der Waals surface area contributed by atoms with Crippen LogP contribution < -0.4 is 15.0 Å². The van der Waals surface area contributed by atoms with E-state index in [2.05, 4.69) is 5.32 Å². The van der Waals surface area contributed by atoms with Crippen LogP contribution in [0.1, 0.15) is 53.4 Å². The molecule has 0 fully saturated rings.